The first-order chi connectivity index (χ1) is 16.5. The average Bonchev–Trinajstić information content (AvgIpc) is 2.85. The maximum atomic E-state index is 11.9. The second-order valence-corrected chi connectivity index (χ2v) is 9.79. The zero-order valence-corrected chi connectivity index (χ0v) is 20.2. The summed E-state index contributed by atoms with van der Waals surface area (Å²) in [6.45, 7) is 4.64. The SMILES string of the molecule is O=C(O)[C@H](Cc1ccccn1)N1CCC(CN2CCC(Oc3ccc(CO)c(Cl)c3)CC2)CC1. The van der Waals surface area contributed by atoms with E-state index < -0.39 is 12.0 Å². The number of piperidine rings is 2. The van der Waals surface area contributed by atoms with Crippen molar-refractivity contribution in [2.75, 3.05) is 32.7 Å². The molecule has 8 heteroatoms. The van der Waals surface area contributed by atoms with Gasteiger partial charge in [0.2, 0.25) is 0 Å². The molecule has 184 valence electrons. The Labute approximate surface area is 206 Å². The molecule has 2 aliphatic rings. The second kappa shape index (κ2) is 12.0. The van der Waals surface area contributed by atoms with Crippen LogP contribution in [0.25, 0.3) is 0 Å². The van der Waals surface area contributed by atoms with E-state index in [0.29, 0.717) is 22.9 Å². The van der Waals surface area contributed by atoms with Crippen molar-refractivity contribution in [2.24, 2.45) is 5.92 Å². The Morgan fingerprint density at radius 3 is 2.50 bits per heavy atom. The van der Waals surface area contributed by atoms with E-state index in [1.54, 1.807) is 12.3 Å². The molecule has 4 rings (SSSR count). The molecule has 0 spiro atoms. The molecule has 2 saturated heterocycles. The fourth-order valence-corrected chi connectivity index (χ4v) is 5.26. The topological polar surface area (TPSA) is 86.1 Å². The number of aliphatic hydroxyl groups excluding tert-OH is 1. The van der Waals surface area contributed by atoms with Crippen molar-refractivity contribution in [3.05, 3.63) is 58.9 Å². The number of benzene rings is 1. The number of hydrogen-bond donors (Lipinski definition) is 2. The van der Waals surface area contributed by atoms with E-state index in [0.717, 1.165) is 69.9 Å². The van der Waals surface area contributed by atoms with E-state index in [2.05, 4.69) is 14.8 Å². The smallest absolute Gasteiger partial charge is 0.321 e. The largest absolute Gasteiger partial charge is 0.490 e. The van der Waals surface area contributed by atoms with E-state index in [1.807, 2.05) is 30.3 Å². The van der Waals surface area contributed by atoms with Gasteiger partial charge in [-0.3, -0.25) is 14.7 Å². The van der Waals surface area contributed by atoms with Crippen molar-refractivity contribution in [1.29, 1.82) is 0 Å². The lowest BCUT2D eigenvalue weighted by molar-refractivity contribution is -0.144. The first kappa shape index (κ1) is 24.9. The van der Waals surface area contributed by atoms with Crippen molar-refractivity contribution >= 4 is 17.6 Å². The molecule has 2 aliphatic heterocycles. The van der Waals surface area contributed by atoms with Crippen LogP contribution in [-0.4, -0.2) is 75.8 Å². The third-order valence-corrected chi connectivity index (χ3v) is 7.40. The van der Waals surface area contributed by atoms with Crippen LogP contribution in [0, 0.1) is 5.92 Å². The average molecular weight is 488 g/mol. The molecule has 7 nitrogen and oxygen atoms in total. The highest BCUT2D eigenvalue weighted by Crippen LogP contribution is 2.27. The Morgan fingerprint density at radius 1 is 1.12 bits per heavy atom. The Morgan fingerprint density at radius 2 is 1.88 bits per heavy atom. The molecule has 0 bridgehead atoms. The molecule has 0 unspecified atom stereocenters. The molecule has 0 saturated carbocycles. The molecule has 1 aromatic heterocycles. The summed E-state index contributed by atoms with van der Waals surface area (Å²) in [5.74, 6) is 0.591. The molecule has 2 fully saturated rings. The molecule has 0 radical (unpaired) electrons. The zero-order chi connectivity index (χ0) is 23.9. The molecule has 2 aromatic rings. The predicted molar refractivity (Wildman–Crippen MR) is 131 cm³/mol. The molecule has 0 aliphatic carbocycles. The number of carboxylic acids is 1. The van der Waals surface area contributed by atoms with Gasteiger partial charge in [-0.2, -0.15) is 0 Å². The van der Waals surface area contributed by atoms with E-state index in [1.165, 1.54) is 0 Å². The fraction of sp³-hybridized carbons (Fsp3) is 0.538. The Bertz CT molecular complexity index is 929. The summed E-state index contributed by atoms with van der Waals surface area (Å²) in [5.41, 5.74) is 1.54. The molecule has 34 heavy (non-hydrogen) atoms. The molecule has 0 amide bonds. The van der Waals surface area contributed by atoms with Gasteiger partial charge >= 0.3 is 5.97 Å². The summed E-state index contributed by atoms with van der Waals surface area (Å²) in [7, 11) is 0. The van der Waals surface area contributed by atoms with Gasteiger partial charge in [0.15, 0.2) is 0 Å². The molecule has 1 aromatic carbocycles. The van der Waals surface area contributed by atoms with Crippen molar-refractivity contribution in [3.8, 4) is 5.75 Å². The van der Waals surface area contributed by atoms with Gasteiger partial charge in [-0.25, -0.2) is 0 Å². The number of likely N-dealkylation sites (tertiary alicyclic amines) is 2. The number of pyridine rings is 1. The van der Waals surface area contributed by atoms with Gasteiger partial charge in [0.1, 0.15) is 17.9 Å². The summed E-state index contributed by atoms with van der Waals surface area (Å²) < 4.78 is 6.13. The van der Waals surface area contributed by atoms with Crippen LogP contribution < -0.4 is 4.74 Å². The van der Waals surface area contributed by atoms with Crippen LogP contribution in [0.4, 0.5) is 0 Å². The van der Waals surface area contributed by atoms with Gasteiger partial charge in [-0.1, -0.05) is 23.7 Å². The summed E-state index contributed by atoms with van der Waals surface area (Å²) >= 11 is 6.18. The minimum atomic E-state index is -0.765. The zero-order valence-electron chi connectivity index (χ0n) is 19.5. The molecular formula is C26H34ClN3O4. The van der Waals surface area contributed by atoms with Crippen LogP contribution in [0.5, 0.6) is 5.75 Å². The van der Waals surface area contributed by atoms with Gasteiger partial charge in [-0.15, -0.1) is 0 Å². The second-order valence-electron chi connectivity index (χ2n) is 9.39. The van der Waals surface area contributed by atoms with Crippen LogP contribution in [0.1, 0.15) is 36.9 Å². The van der Waals surface area contributed by atoms with Gasteiger partial charge in [0.25, 0.3) is 0 Å². The summed E-state index contributed by atoms with van der Waals surface area (Å²) in [5, 5.41) is 19.6. The summed E-state index contributed by atoms with van der Waals surface area (Å²) in [6, 6.07) is 10.6. The number of ether oxygens (including phenoxy) is 1. The van der Waals surface area contributed by atoms with Crippen LogP contribution in [-0.2, 0) is 17.8 Å². The minimum absolute atomic E-state index is 0.0718. The molecule has 2 N–H and O–H groups in total. The third-order valence-electron chi connectivity index (χ3n) is 7.05. The van der Waals surface area contributed by atoms with E-state index in [-0.39, 0.29) is 12.7 Å². The van der Waals surface area contributed by atoms with Crippen LogP contribution in [0.15, 0.2) is 42.6 Å². The predicted octanol–water partition coefficient (Wildman–Crippen LogP) is 3.48. The van der Waals surface area contributed by atoms with Crippen molar-refractivity contribution in [2.45, 2.75) is 50.9 Å². The summed E-state index contributed by atoms with van der Waals surface area (Å²) in [4.78, 5) is 20.8. The quantitative estimate of drug-likeness (QED) is 0.560. The number of halogens is 1. The highest BCUT2D eigenvalue weighted by atomic mass is 35.5. The Hall–Kier alpha value is -2.19. The Kier molecular flexibility index (Phi) is 8.78. The van der Waals surface area contributed by atoms with E-state index in [4.69, 9.17) is 16.3 Å². The molecule has 1 atom stereocenters. The standard InChI is InChI=1S/C26H34ClN3O4/c27-24-16-23(5-4-20(24)18-31)34-22-8-11-29(12-9-22)17-19-6-13-30(14-7-19)25(26(32)33)15-21-3-1-2-10-28-21/h1-5,10,16,19,22,25,31H,6-9,11-15,17-18H2,(H,32,33)/t25-/m0/s1. The monoisotopic (exact) mass is 487 g/mol. The number of aromatic nitrogens is 1. The van der Waals surface area contributed by atoms with Gasteiger partial charge < -0.3 is 19.8 Å². The van der Waals surface area contributed by atoms with Crippen LogP contribution in [0.3, 0.4) is 0 Å². The first-order valence-electron chi connectivity index (χ1n) is 12.2. The lowest BCUT2D eigenvalue weighted by Gasteiger charge is -2.39. The number of rotatable bonds is 9. The van der Waals surface area contributed by atoms with E-state index >= 15 is 0 Å². The molecular weight excluding hydrogens is 454 g/mol. The highest BCUT2D eigenvalue weighted by Gasteiger charge is 2.31. The fourth-order valence-electron chi connectivity index (χ4n) is 5.03. The van der Waals surface area contributed by atoms with Crippen molar-refractivity contribution in [1.82, 2.24) is 14.8 Å². The van der Waals surface area contributed by atoms with Gasteiger partial charge in [0, 0.05) is 43.0 Å². The minimum Gasteiger partial charge on any atom is -0.490 e. The van der Waals surface area contributed by atoms with Crippen LogP contribution >= 0.6 is 11.6 Å². The first-order valence-corrected chi connectivity index (χ1v) is 12.5. The highest BCUT2D eigenvalue weighted by molar-refractivity contribution is 6.31. The van der Waals surface area contributed by atoms with Gasteiger partial charge in [-0.05, 0) is 74.5 Å². The molecule has 3 heterocycles. The maximum absolute atomic E-state index is 11.9. The lowest BCUT2D eigenvalue weighted by Crippen LogP contribution is -2.49. The number of carboxylic acid groups (broad SMARTS) is 1. The lowest BCUT2D eigenvalue weighted by atomic mass is 9.93. The van der Waals surface area contributed by atoms with Gasteiger partial charge in [0.05, 0.1) is 6.61 Å². The maximum Gasteiger partial charge on any atom is 0.321 e. The summed E-state index contributed by atoms with van der Waals surface area (Å²) in [6.07, 6.45) is 6.35. The third kappa shape index (κ3) is 6.69. The number of carbonyl (C=O) groups is 1. The van der Waals surface area contributed by atoms with Crippen molar-refractivity contribution in [3.63, 3.8) is 0 Å². The number of hydrogen-bond acceptors (Lipinski definition) is 6. The number of aliphatic carboxylic acids is 1. The number of aliphatic hydroxyl groups is 1. The van der Waals surface area contributed by atoms with E-state index in [9.17, 15) is 15.0 Å². The number of nitrogens with zero attached hydrogens (tertiary/aromatic N) is 3. The van der Waals surface area contributed by atoms with Crippen molar-refractivity contribution < 1.29 is 19.7 Å². The normalized spacial score (nSPS) is 19.7. The Balaban J connectivity index is 1.20. The van der Waals surface area contributed by atoms with Crippen LogP contribution in [0.2, 0.25) is 5.02 Å².